The molecule has 2 N–H and O–H groups in total. The Morgan fingerprint density at radius 1 is 1.38 bits per heavy atom. The second kappa shape index (κ2) is 6.89. The first-order chi connectivity index (χ1) is 9.88. The van der Waals surface area contributed by atoms with Gasteiger partial charge in [-0.1, -0.05) is 13.8 Å². The van der Waals surface area contributed by atoms with Crippen LogP contribution in [0.15, 0.2) is 17.3 Å². The largest absolute Gasteiger partial charge is 0.314 e. The Labute approximate surface area is 127 Å². The summed E-state index contributed by atoms with van der Waals surface area (Å²) in [4.78, 5) is 0.256. The first-order valence-corrected chi connectivity index (χ1v) is 9.15. The molecule has 0 aromatic carbocycles. The Hall–Kier alpha value is -0.920. The second-order valence-electron chi connectivity index (χ2n) is 6.15. The van der Waals surface area contributed by atoms with E-state index in [1.165, 1.54) is 6.20 Å². The molecule has 6 nitrogen and oxygen atoms in total. The summed E-state index contributed by atoms with van der Waals surface area (Å²) < 4.78 is 28.9. The lowest BCUT2D eigenvalue weighted by atomic mass is 10.2. The van der Waals surface area contributed by atoms with Crippen molar-refractivity contribution in [2.24, 2.45) is 5.92 Å². The molecule has 7 heteroatoms. The van der Waals surface area contributed by atoms with Gasteiger partial charge in [-0.3, -0.25) is 4.68 Å². The van der Waals surface area contributed by atoms with Crippen LogP contribution in [-0.4, -0.2) is 36.8 Å². The Bertz CT molecular complexity index is 549. The van der Waals surface area contributed by atoms with Crippen LogP contribution in [0.5, 0.6) is 0 Å². The molecule has 1 heterocycles. The van der Waals surface area contributed by atoms with E-state index in [9.17, 15) is 8.42 Å². The lowest BCUT2D eigenvalue weighted by Crippen LogP contribution is -2.33. The molecule has 2 rings (SSSR count). The lowest BCUT2D eigenvalue weighted by Gasteiger charge is -2.11. The fraction of sp³-hybridized carbons (Fsp3) is 0.786. The van der Waals surface area contributed by atoms with Crippen molar-refractivity contribution in [2.75, 3.05) is 6.54 Å². The molecular formula is C14H26N4O2S. The molecule has 0 saturated heterocycles. The van der Waals surface area contributed by atoms with Crippen molar-refractivity contribution in [1.82, 2.24) is 19.8 Å². The predicted octanol–water partition coefficient (Wildman–Crippen LogP) is 1.35. The number of aryl methyl sites for hydroxylation is 1. The summed E-state index contributed by atoms with van der Waals surface area (Å²) >= 11 is 0. The maximum Gasteiger partial charge on any atom is 0.243 e. The van der Waals surface area contributed by atoms with E-state index < -0.39 is 10.0 Å². The molecule has 120 valence electrons. The highest BCUT2D eigenvalue weighted by Crippen LogP contribution is 2.32. The molecule has 0 radical (unpaired) electrons. The van der Waals surface area contributed by atoms with E-state index in [1.54, 1.807) is 10.9 Å². The Kier molecular flexibility index (Phi) is 5.40. The van der Waals surface area contributed by atoms with Crippen molar-refractivity contribution < 1.29 is 8.42 Å². The third kappa shape index (κ3) is 5.09. The van der Waals surface area contributed by atoms with Crippen molar-refractivity contribution in [3.8, 4) is 0 Å². The van der Waals surface area contributed by atoms with Gasteiger partial charge in [-0.15, -0.1) is 0 Å². The number of nitrogens with one attached hydrogen (secondary N) is 2. The van der Waals surface area contributed by atoms with Gasteiger partial charge in [-0.25, -0.2) is 13.1 Å². The van der Waals surface area contributed by atoms with Crippen molar-refractivity contribution >= 4 is 10.0 Å². The van der Waals surface area contributed by atoms with Crippen molar-refractivity contribution in [3.63, 3.8) is 0 Å². The van der Waals surface area contributed by atoms with Gasteiger partial charge >= 0.3 is 0 Å². The van der Waals surface area contributed by atoms with Crippen LogP contribution in [-0.2, 0) is 16.6 Å². The highest BCUT2D eigenvalue weighted by atomic mass is 32.2. The van der Waals surface area contributed by atoms with Crippen LogP contribution >= 0.6 is 0 Å². The van der Waals surface area contributed by atoms with E-state index in [-0.39, 0.29) is 10.9 Å². The predicted molar refractivity (Wildman–Crippen MR) is 82.5 cm³/mol. The minimum absolute atomic E-state index is 0.00796. The zero-order chi connectivity index (χ0) is 15.5. The van der Waals surface area contributed by atoms with Crippen LogP contribution in [0.2, 0.25) is 0 Å². The van der Waals surface area contributed by atoms with Gasteiger partial charge in [0.25, 0.3) is 0 Å². The average Bonchev–Trinajstić information content (AvgIpc) is 3.13. The van der Waals surface area contributed by atoms with Crippen LogP contribution in [0.4, 0.5) is 0 Å². The maximum absolute atomic E-state index is 12.2. The normalized spacial score (nSPS) is 17.3. The van der Waals surface area contributed by atoms with Crippen LogP contribution in [0, 0.1) is 5.92 Å². The average molecular weight is 314 g/mol. The Morgan fingerprint density at radius 3 is 2.71 bits per heavy atom. The molecule has 1 aliphatic carbocycles. The molecule has 1 fully saturated rings. The Balaban J connectivity index is 1.86. The summed E-state index contributed by atoms with van der Waals surface area (Å²) in [6, 6.07) is 0.472. The third-order valence-electron chi connectivity index (χ3n) is 3.71. The number of hydrogen-bond donors (Lipinski definition) is 2. The molecule has 1 aliphatic rings. The number of nitrogens with zero attached hydrogens (tertiary/aromatic N) is 2. The highest BCUT2D eigenvalue weighted by Gasteiger charge is 2.31. The summed E-state index contributed by atoms with van der Waals surface area (Å²) in [6.45, 7) is 7.75. The van der Waals surface area contributed by atoms with E-state index >= 15 is 0 Å². The van der Waals surface area contributed by atoms with E-state index in [1.807, 2.05) is 6.92 Å². The molecule has 0 aliphatic heterocycles. The number of sulfonamides is 1. The van der Waals surface area contributed by atoms with E-state index in [4.69, 9.17) is 0 Å². The fourth-order valence-electron chi connectivity index (χ4n) is 2.24. The summed E-state index contributed by atoms with van der Waals surface area (Å²) in [5, 5.41) is 7.46. The van der Waals surface area contributed by atoms with Gasteiger partial charge in [0.1, 0.15) is 4.90 Å². The van der Waals surface area contributed by atoms with Crippen molar-refractivity contribution in [1.29, 1.82) is 0 Å². The molecule has 1 atom stereocenters. The minimum Gasteiger partial charge on any atom is -0.314 e. The number of rotatable bonds is 9. The van der Waals surface area contributed by atoms with Gasteiger partial charge in [0, 0.05) is 24.8 Å². The maximum atomic E-state index is 12.2. The SMILES string of the molecule is CC(C)NCCCn1cc(S(=O)(=O)NC(C)C2CC2)cn1. The van der Waals surface area contributed by atoms with Crippen LogP contribution in [0.25, 0.3) is 0 Å². The third-order valence-corrected chi connectivity index (χ3v) is 5.22. The topological polar surface area (TPSA) is 76.0 Å². The smallest absolute Gasteiger partial charge is 0.243 e. The molecule has 1 aromatic heterocycles. The monoisotopic (exact) mass is 314 g/mol. The number of aromatic nitrogens is 2. The molecule has 21 heavy (non-hydrogen) atoms. The van der Waals surface area contributed by atoms with Gasteiger partial charge in [0.15, 0.2) is 0 Å². The van der Waals surface area contributed by atoms with Crippen molar-refractivity contribution in [2.45, 2.75) is 63.6 Å². The van der Waals surface area contributed by atoms with Gasteiger partial charge in [-0.2, -0.15) is 5.10 Å². The van der Waals surface area contributed by atoms with Crippen LogP contribution < -0.4 is 10.0 Å². The highest BCUT2D eigenvalue weighted by molar-refractivity contribution is 7.89. The molecule has 0 spiro atoms. The van der Waals surface area contributed by atoms with Crippen LogP contribution in [0.3, 0.4) is 0 Å². The second-order valence-corrected chi connectivity index (χ2v) is 7.86. The van der Waals surface area contributed by atoms with Crippen molar-refractivity contribution in [3.05, 3.63) is 12.4 Å². The van der Waals surface area contributed by atoms with E-state index in [0.29, 0.717) is 18.5 Å². The zero-order valence-electron chi connectivity index (χ0n) is 13.0. The quantitative estimate of drug-likeness (QED) is 0.675. The lowest BCUT2D eigenvalue weighted by molar-refractivity contribution is 0.512. The Morgan fingerprint density at radius 2 is 2.10 bits per heavy atom. The zero-order valence-corrected chi connectivity index (χ0v) is 13.9. The first-order valence-electron chi connectivity index (χ1n) is 7.66. The van der Waals surface area contributed by atoms with Gasteiger partial charge in [0.2, 0.25) is 10.0 Å². The number of hydrogen-bond acceptors (Lipinski definition) is 4. The molecular weight excluding hydrogens is 288 g/mol. The fourth-order valence-corrected chi connectivity index (χ4v) is 3.51. The van der Waals surface area contributed by atoms with Crippen LogP contribution in [0.1, 0.15) is 40.0 Å². The summed E-state index contributed by atoms with van der Waals surface area (Å²) in [5.41, 5.74) is 0. The molecule has 1 aromatic rings. The summed E-state index contributed by atoms with van der Waals surface area (Å²) in [5.74, 6) is 0.497. The standard InChI is InChI=1S/C14H26N4O2S/c1-11(2)15-7-4-8-18-10-14(9-16-18)21(19,20)17-12(3)13-5-6-13/h9-13,15,17H,4-8H2,1-3H3. The first kappa shape index (κ1) is 16.5. The molecule has 0 amide bonds. The molecule has 0 bridgehead atoms. The molecule has 1 saturated carbocycles. The summed E-state index contributed by atoms with van der Waals surface area (Å²) in [6.07, 6.45) is 6.19. The molecule has 1 unspecified atom stereocenters. The summed E-state index contributed by atoms with van der Waals surface area (Å²) in [7, 11) is -3.44. The van der Waals surface area contributed by atoms with Gasteiger partial charge in [-0.05, 0) is 38.6 Å². The van der Waals surface area contributed by atoms with Gasteiger partial charge < -0.3 is 5.32 Å². The van der Waals surface area contributed by atoms with E-state index in [2.05, 4.69) is 29.0 Å². The van der Waals surface area contributed by atoms with E-state index in [0.717, 1.165) is 25.8 Å². The van der Waals surface area contributed by atoms with Gasteiger partial charge in [0.05, 0.1) is 6.20 Å². The minimum atomic E-state index is -3.44.